The number of halogens is 1. The SMILES string of the molecule is Nn1c(N2CCN[C@@H](c3ccc(N4CCC5(CCNC5)CC4)cc3)C2)nc(-c2ccncc2F)cc1=O. The fourth-order valence-electron chi connectivity index (χ4n) is 5.96. The molecule has 0 saturated carbocycles. The zero-order chi connectivity index (χ0) is 25.4. The number of nitrogens with two attached hydrogens (primary N) is 1. The first-order chi connectivity index (χ1) is 18.0. The first-order valence-corrected chi connectivity index (χ1v) is 13.0. The number of nitrogens with zero attached hydrogens (tertiary/aromatic N) is 5. The average molecular weight is 505 g/mol. The summed E-state index contributed by atoms with van der Waals surface area (Å²) in [6.07, 6.45) is 6.39. The van der Waals surface area contributed by atoms with Gasteiger partial charge >= 0.3 is 0 Å². The average Bonchev–Trinajstić information content (AvgIpc) is 3.39. The van der Waals surface area contributed by atoms with Gasteiger partial charge in [0, 0.05) is 68.8 Å². The van der Waals surface area contributed by atoms with E-state index in [1.165, 1.54) is 48.8 Å². The fourth-order valence-corrected chi connectivity index (χ4v) is 5.96. The Bertz CT molecular complexity index is 1310. The molecule has 5 heterocycles. The van der Waals surface area contributed by atoms with Crippen molar-refractivity contribution in [3.63, 3.8) is 0 Å². The Hall–Kier alpha value is -3.50. The number of nitrogen functional groups attached to an aromatic ring is 1. The van der Waals surface area contributed by atoms with E-state index in [2.05, 4.69) is 49.8 Å². The highest BCUT2D eigenvalue weighted by molar-refractivity contribution is 5.60. The van der Waals surface area contributed by atoms with Crippen molar-refractivity contribution in [1.82, 2.24) is 25.3 Å². The Morgan fingerprint density at radius 1 is 1.03 bits per heavy atom. The molecule has 37 heavy (non-hydrogen) atoms. The summed E-state index contributed by atoms with van der Waals surface area (Å²) in [6, 6.07) is 11.6. The largest absolute Gasteiger partial charge is 0.371 e. The summed E-state index contributed by atoms with van der Waals surface area (Å²) < 4.78 is 15.4. The van der Waals surface area contributed by atoms with Gasteiger partial charge in [-0.05, 0) is 55.0 Å². The standard InChI is InChI=1S/C27H33FN8O/c28-22-16-30-9-5-21(22)23-15-25(37)36(29)26(33-23)35-14-11-32-24(17-35)19-1-3-20(4-2-19)34-12-7-27(8-13-34)6-10-31-18-27/h1-5,9,15-16,24,31-32H,6-8,10-14,17-18,29H2/t24-/m1/s1. The topological polar surface area (TPSA) is 104 Å². The molecule has 0 radical (unpaired) electrons. The van der Waals surface area contributed by atoms with Crippen LogP contribution in [0.15, 0.2) is 53.6 Å². The predicted octanol–water partition coefficient (Wildman–Crippen LogP) is 1.89. The minimum atomic E-state index is -0.530. The highest BCUT2D eigenvalue weighted by Crippen LogP contribution is 2.38. The van der Waals surface area contributed by atoms with Gasteiger partial charge in [0.25, 0.3) is 5.56 Å². The molecule has 3 saturated heterocycles. The van der Waals surface area contributed by atoms with E-state index in [-0.39, 0.29) is 17.3 Å². The van der Waals surface area contributed by atoms with Gasteiger partial charge in [-0.1, -0.05) is 12.1 Å². The van der Waals surface area contributed by atoms with E-state index in [4.69, 9.17) is 5.84 Å². The highest BCUT2D eigenvalue weighted by Gasteiger charge is 2.37. The summed E-state index contributed by atoms with van der Waals surface area (Å²) in [5.41, 5.74) is 2.98. The first kappa shape index (κ1) is 23.9. The number of piperazine rings is 1. The highest BCUT2D eigenvalue weighted by atomic mass is 19.1. The van der Waals surface area contributed by atoms with Crippen molar-refractivity contribution >= 4 is 11.6 Å². The molecule has 194 valence electrons. The van der Waals surface area contributed by atoms with Gasteiger partial charge in [-0.25, -0.2) is 9.37 Å². The van der Waals surface area contributed by atoms with E-state index in [0.717, 1.165) is 37.1 Å². The zero-order valence-electron chi connectivity index (χ0n) is 20.9. The zero-order valence-corrected chi connectivity index (χ0v) is 20.9. The third-order valence-corrected chi connectivity index (χ3v) is 8.26. The van der Waals surface area contributed by atoms with Crippen LogP contribution in [-0.2, 0) is 0 Å². The molecule has 9 nitrogen and oxygen atoms in total. The van der Waals surface area contributed by atoms with E-state index in [9.17, 15) is 9.18 Å². The van der Waals surface area contributed by atoms with Crippen molar-refractivity contribution in [2.24, 2.45) is 5.41 Å². The second kappa shape index (κ2) is 9.75. The lowest BCUT2D eigenvalue weighted by molar-refractivity contribution is 0.247. The summed E-state index contributed by atoms with van der Waals surface area (Å²) in [7, 11) is 0. The van der Waals surface area contributed by atoms with E-state index in [0.29, 0.717) is 31.0 Å². The summed E-state index contributed by atoms with van der Waals surface area (Å²) in [4.78, 5) is 25.5. The van der Waals surface area contributed by atoms with Gasteiger partial charge in [-0.3, -0.25) is 9.78 Å². The molecule has 4 N–H and O–H groups in total. The van der Waals surface area contributed by atoms with Gasteiger partial charge in [0.05, 0.1) is 11.9 Å². The Kier molecular flexibility index (Phi) is 6.29. The Labute approximate surface area is 215 Å². The van der Waals surface area contributed by atoms with Crippen LogP contribution in [0.5, 0.6) is 0 Å². The van der Waals surface area contributed by atoms with Crippen LogP contribution in [0.1, 0.15) is 30.9 Å². The maximum absolute atomic E-state index is 14.3. The van der Waals surface area contributed by atoms with E-state index < -0.39 is 11.4 Å². The first-order valence-electron chi connectivity index (χ1n) is 13.0. The number of hydrogen-bond donors (Lipinski definition) is 3. The van der Waals surface area contributed by atoms with Crippen molar-refractivity contribution < 1.29 is 4.39 Å². The van der Waals surface area contributed by atoms with E-state index in [1.54, 1.807) is 0 Å². The number of hydrogen-bond acceptors (Lipinski definition) is 8. The Morgan fingerprint density at radius 2 is 1.84 bits per heavy atom. The minimum absolute atomic E-state index is 0.0511. The van der Waals surface area contributed by atoms with Crippen LogP contribution in [0.25, 0.3) is 11.3 Å². The number of rotatable bonds is 4. The lowest BCUT2D eigenvalue weighted by Crippen LogP contribution is -2.48. The molecule has 0 bridgehead atoms. The van der Waals surface area contributed by atoms with Crippen LogP contribution in [0, 0.1) is 11.2 Å². The van der Waals surface area contributed by atoms with Crippen molar-refractivity contribution in [1.29, 1.82) is 0 Å². The summed E-state index contributed by atoms with van der Waals surface area (Å²) in [5, 5.41) is 7.11. The maximum atomic E-state index is 14.3. The molecule has 0 unspecified atom stereocenters. The quantitative estimate of drug-likeness (QED) is 0.463. The van der Waals surface area contributed by atoms with Gasteiger partial charge in [0.2, 0.25) is 5.95 Å². The summed E-state index contributed by atoms with van der Waals surface area (Å²) in [6.45, 7) is 6.44. The van der Waals surface area contributed by atoms with Gasteiger partial charge in [0.15, 0.2) is 5.82 Å². The molecule has 3 fully saturated rings. The van der Waals surface area contributed by atoms with Crippen LogP contribution in [0.4, 0.5) is 16.0 Å². The summed E-state index contributed by atoms with van der Waals surface area (Å²) in [5.74, 6) is 5.89. The van der Waals surface area contributed by atoms with Crippen LogP contribution in [0.2, 0.25) is 0 Å². The smallest absolute Gasteiger partial charge is 0.273 e. The molecule has 10 heteroatoms. The van der Waals surface area contributed by atoms with Crippen LogP contribution in [-0.4, -0.2) is 60.5 Å². The molecule has 2 aromatic heterocycles. The number of aromatic nitrogens is 3. The second-order valence-corrected chi connectivity index (χ2v) is 10.5. The molecule has 1 aromatic carbocycles. The number of nitrogens with one attached hydrogen (secondary N) is 2. The molecule has 0 aliphatic carbocycles. The normalized spacial score (nSPS) is 21.5. The Balaban J connectivity index is 1.18. The Morgan fingerprint density at radius 3 is 2.57 bits per heavy atom. The van der Waals surface area contributed by atoms with Crippen LogP contribution >= 0.6 is 0 Å². The molecule has 1 atom stereocenters. The number of piperidine rings is 1. The van der Waals surface area contributed by atoms with Crippen molar-refractivity contribution in [2.45, 2.75) is 25.3 Å². The minimum Gasteiger partial charge on any atom is -0.371 e. The molecular formula is C27H33FN8O. The third kappa shape index (κ3) is 4.67. The van der Waals surface area contributed by atoms with Gasteiger partial charge < -0.3 is 26.3 Å². The van der Waals surface area contributed by atoms with Gasteiger partial charge in [-0.2, -0.15) is 4.68 Å². The van der Waals surface area contributed by atoms with Crippen molar-refractivity contribution in [3.05, 3.63) is 70.5 Å². The number of benzene rings is 1. The molecule has 1 spiro atoms. The lowest BCUT2D eigenvalue weighted by Gasteiger charge is -2.40. The van der Waals surface area contributed by atoms with E-state index in [1.807, 2.05) is 4.90 Å². The molecule has 0 amide bonds. The fraction of sp³-hybridized carbons (Fsp3) is 0.444. The van der Waals surface area contributed by atoms with Crippen LogP contribution < -0.4 is 31.8 Å². The second-order valence-electron chi connectivity index (χ2n) is 10.5. The molecular weight excluding hydrogens is 471 g/mol. The van der Waals surface area contributed by atoms with Crippen molar-refractivity contribution in [2.75, 3.05) is 61.5 Å². The molecule has 3 aliphatic heterocycles. The van der Waals surface area contributed by atoms with Crippen molar-refractivity contribution in [3.8, 4) is 11.3 Å². The maximum Gasteiger partial charge on any atom is 0.273 e. The predicted molar refractivity (Wildman–Crippen MR) is 143 cm³/mol. The number of pyridine rings is 1. The number of anilines is 2. The molecule has 6 rings (SSSR count). The third-order valence-electron chi connectivity index (χ3n) is 8.26. The molecule has 3 aromatic rings. The van der Waals surface area contributed by atoms with E-state index >= 15 is 0 Å². The van der Waals surface area contributed by atoms with Gasteiger partial charge in [0.1, 0.15) is 0 Å². The van der Waals surface area contributed by atoms with Crippen LogP contribution in [0.3, 0.4) is 0 Å². The van der Waals surface area contributed by atoms with Gasteiger partial charge in [-0.15, -0.1) is 0 Å². The summed E-state index contributed by atoms with van der Waals surface area (Å²) >= 11 is 0. The monoisotopic (exact) mass is 504 g/mol. The molecule has 3 aliphatic rings. The lowest BCUT2D eigenvalue weighted by atomic mass is 9.78.